The van der Waals surface area contributed by atoms with Crippen LogP contribution in [0.15, 0.2) is 72.9 Å². The number of hydrogen-bond acceptors (Lipinski definition) is 3. The molecule has 4 rings (SSSR count). The number of carbonyl (C=O) groups excluding carboxylic acids is 1. The van der Waals surface area contributed by atoms with E-state index in [0.29, 0.717) is 5.56 Å². The van der Waals surface area contributed by atoms with Crippen molar-refractivity contribution in [3.8, 4) is 11.3 Å². The number of hydrogen-bond donors (Lipinski definition) is 1. The minimum Gasteiger partial charge on any atom is -0.314 e. The molecule has 0 radical (unpaired) electrons. The third-order valence-electron chi connectivity index (χ3n) is 4.34. The van der Waals surface area contributed by atoms with Crippen LogP contribution in [0.25, 0.3) is 21.3 Å². The van der Waals surface area contributed by atoms with Gasteiger partial charge in [0.25, 0.3) is 5.91 Å². The van der Waals surface area contributed by atoms with Gasteiger partial charge in [-0.25, -0.2) is 0 Å². The topological polar surface area (TPSA) is 42.0 Å². The Morgan fingerprint density at radius 2 is 1.85 bits per heavy atom. The van der Waals surface area contributed by atoms with Gasteiger partial charge in [-0.15, -0.1) is 11.3 Å². The first-order valence-corrected chi connectivity index (χ1v) is 9.40. The van der Waals surface area contributed by atoms with Crippen LogP contribution in [0.1, 0.15) is 22.8 Å². The lowest BCUT2D eigenvalue weighted by Crippen LogP contribution is -2.10. The Morgan fingerprint density at radius 1 is 1.04 bits per heavy atom. The largest absolute Gasteiger partial charge is 0.314 e. The number of fused-ring (bicyclic) bond motifs is 1. The van der Waals surface area contributed by atoms with Crippen LogP contribution in [0.4, 0.5) is 5.00 Å². The smallest absolute Gasteiger partial charge is 0.256 e. The quantitative estimate of drug-likeness (QED) is 0.502. The summed E-state index contributed by atoms with van der Waals surface area (Å²) in [5, 5.41) is 4.99. The van der Waals surface area contributed by atoms with E-state index in [4.69, 9.17) is 0 Å². The van der Waals surface area contributed by atoms with Gasteiger partial charge in [-0.05, 0) is 47.7 Å². The average Bonchev–Trinajstić information content (AvgIpc) is 3.10. The number of aryl methyl sites for hydroxylation is 1. The Kier molecular flexibility index (Phi) is 4.50. The van der Waals surface area contributed by atoms with Crippen LogP contribution in [-0.2, 0) is 6.42 Å². The summed E-state index contributed by atoms with van der Waals surface area (Å²) in [4.78, 5) is 17.0. The van der Waals surface area contributed by atoms with E-state index in [-0.39, 0.29) is 5.91 Å². The molecule has 3 nitrogen and oxygen atoms in total. The zero-order valence-corrected chi connectivity index (χ0v) is 15.2. The van der Waals surface area contributed by atoms with Crippen LogP contribution < -0.4 is 5.32 Å². The third kappa shape index (κ3) is 3.37. The second kappa shape index (κ2) is 7.10. The molecule has 0 aliphatic rings. The van der Waals surface area contributed by atoms with Gasteiger partial charge in [0, 0.05) is 22.0 Å². The lowest BCUT2D eigenvalue weighted by atomic mass is 10.1. The first-order valence-electron chi connectivity index (χ1n) is 8.58. The maximum Gasteiger partial charge on any atom is 0.256 e. The molecular formula is C22H18N2OS. The van der Waals surface area contributed by atoms with Crippen molar-refractivity contribution in [3.05, 3.63) is 84.1 Å². The third-order valence-corrected chi connectivity index (χ3v) is 5.37. The molecule has 2 heterocycles. The molecule has 0 bridgehead atoms. The number of aromatic nitrogens is 1. The zero-order valence-electron chi connectivity index (χ0n) is 14.4. The first-order chi connectivity index (χ1) is 12.7. The van der Waals surface area contributed by atoms with E-state index in [2.05, 4.69) is 29.4 Å². The van der Waals surface area contributed by atoms with E-state index >= 15 is 0 Å². The van der Waals surface area contributed by atoms with Crippen molar-refractivity contribution >= 4 is 32.3 Å². The minimum absolute atomic E-state index is 0.0996. The molecule has 0 saturated heterocycles. The van der Waals surface area contributed by atoms with Crippen molar-refractivity contribution in [2.75, 3.05) is 5.32 Å². The maximum absolute atomic E-state index is 12.5. The number of anilines is 1. The second-order valence-corrected chi connectivity index (χ2v) is 7.17. The molecule has 128 valence electrons. The van der Waals surface area contributed by atoms with E-state index in [1.807, 2.05) is 60.8 Å². The molecule has 1 amide bonds. The molecular weight excluding hydrogens is 340 g/mol. The summed E-state index contributed by atoms with van der Waals surface area (Å²) in [5.74, 6) is -0.0996. The summed E-state index contributed by atoms with van der Waals surface area (Å²) in [5.41, 5.74) is 3.77. The molecule has 0 fully saturated rings. The zero-order chi connectivity index (χ0) is 17.9. The van der Waals surface area contributed by atoms with Crippen molar-refractivity contribution in [3.63, 3.8) is 0 Å². The highest BCUT2D eigenvalue weighted by atomic mass is 32.1. The van der Waals surface area contributed by atoms with Gasteiger partial charge in [0.15, 0.2) is 0 Å². The average molecular weight is 358 g/mol. The standard InChI is InChI=1S/C22H18N2OS/c1-2-15-7-12-19(23-14-15)16-8-10-17(11-9-16)22(25)24-21-13-18-5-3-4-6-20(18)26-21/h3-14H,2H2,1H3,(H,24,25). The summed E-state index contributed by atoms with van der Waals surface area (Å²) in [6.07, 6.45) is 2.88. The summed E-state index contributed by atoms with van der Waals surface area (Å²) in [6.45, 7) is 2.11. The van der Waals surface area contributed by atoms with Crippen LogP contribution in [-0.4, -0.2) is 10.9 Å². The van der Waals surface area contributed by atoms with Crippen LogP contribution in [0.2, 0.25) is 0 Å². The molecule has 2 aromatic heterocycles. The van der Waals surface area contributed by atoms with Crippen molar-refractivity contribution in [1.29, 1.82) is 0 Å². The maximum atomic E-state index is 12.5. The van der Waals surface area contributed by atoms with Gasteiger partial charge in [0.2, 0.25) is 0 Å². The monoisotopic (exact) mass is 358 g/mol. The van der Waals surface area contributed by atoms with Gasteiger partial charge in [-0.3, -0.25) is 9.78 Å². The van der Waals surface area contributed by atoms with E-state index in [1.165, 1.54) is 10.3 Å². The Labute approximate surface area is 156 Å². The Morgan fingerprint density at radius 3 is 2.54 bits per heavy atom. The minimum atomic E-state index is -0.0996. The second-order valence-electron chi connectivity index (χ2n) is 6.09. The normalized spacial score (nSPS) is 10.8. The highest BCUT2D eigenvalue weighted by molar-refractivity contribution is 7.23. The summed E-state index contributed by atoms with van der Waals surface area (Å²) < 4.78 is 1.17. The number of rotatable bonds is 4. The fourth-order valence-corrected chi connectivity index (χ4v) is 3.78. The van der Waals surface area contributed by atoms with Crippen LogP contribution in [0.3, 0.4) is 0 Å². The van der Waals surface area contributed by atoms with E-state index in [0.717, 1.165) is 28.1 Å². The SMILES string of the molecule is CCc1ccc(-c2ccc(C(=O)Nc3cc4ccccc4s3)cc2)nc1. The number of amides is 1. The highest BCUT2D eigenvalue weighted by Gasteiger charge is 2.09. The molecule has 0 unspecified atom stereocenters. The molecule has 2 aromatic carbocycles. The van der Waals surface area contributed by atoms with Crippen molar-refractivity contribution in [2.45, 2.75) is 13.3 Å². The molecule has 0 aliphatic heterocycles. The Balaban J connectivity index is 1.51. The lowest BCUT2D eigenvalue weighted by Gasteiger charge is -2.05. The number of nitrogens with zero attached hydrogens (tertiary/aromatic N) is 1. The Bertz CT molecular complexity index is 1020. The first kappa shape index (κ1) is 16.5. The fraction of sp³-hybridized carbons (Fsp3) is 0.0909. The van der Waals surface area contributed by atoms with E-state index in [1.54, 1.807) is 11.3 Å². The molecule has 4 aromatic rings. The van der Waals surface area contributed by atoms with Crippen LogP contribution in [0, 0.1) is 0 Å². The van der Waals surface area contributed by atoms with Gasteiger partial charge in [-0.2, -0.15) is 0 Å². The van der Waals surface area contributed by atoms with E-state index in [9.17, 15) is 4.79 Å². The van der Waals surface area contributed by atoms with Crippen LogP contribution in [0.5, 0.6) is 0 Å². The lowest BCUT2D eigenvalue weighted by molar-refractivity contribution is 0.102. The van der Waals surface area contributed by atoms with Crippen molar-refractivity contribution in [1.82, 2.24) is 4.98 Å². The number of carbonyl (C=O) groups is 1. The van der Waals surface area contributed by atoms with Crippen molar-refractivity contribution < 1.29 is 4.79 Å². The summed E-state index contributed by atoms with van der Waals surface area (Å²) in [6, 6.07) is 21.8. The molecule has 0 spiro atoms. The number of thiophene rings is 1. The molecule has 4 heteroatoms. The molecule has 0 saturated carbocycles. The number of benzene rings is 2. The number of nitrogens with one attached hydrogen (secondary N) is 1. The van der Waals surface area contributed by atoms with Crippen molar-refractivity contribution in [2.24, 2.45) is 0 Å². The van der Waals surface area contributed by atoms with Gasteiger partial charge < -0.3 is 5.32 Å². The van der Waals surface area contributed by atoms with Gasteiger partial charge >= 0.3 is 0 Å². The Hall–Kier alpha value is -2.98. The number of pyridine rings is 1. The predicted octanol–water partition coefficient (Wildman–Crippen LogP) is 5.78. The molecule has 1 N–H and O–H groups in total. The van der Waals surface area contributed by atoms with Gasteiger partial charge in [-0.1, -0.05) is 43.3 Å². The molecule has 0 aliphatic carbocycles. The van der Waals surface area contributed by atoms with Crippen LogP contribution >= 0.6 is 11.3 Å². The highest BCUT2D eigenvalue weighted by Crippen LogP contribution is 2.29. The van der Waals surface area contributed by atoms with E-state index < -0.39 is 0 Å². The predicted molar refractivity (Wildman–Crippen MR) is 109 cm³/mol. The van der Waals surface area contributed by atoms with Gasteiger partial charge in [0.05, 0.1) is 10.7 Å². The summed E-state index contributed by atoms with van der Waals surface area (Å²) in [7, 11) is 0. The molecule has 0 atom stereocenters. The van der Waals surface area contributed by atoms with Gasteiger partial charge in [0.1, 0.15) is 0 Å². The molecule has 26 heavy (non-hydrogen) atoms. The fourth-order valence-electron chi connectivity index (χ4n) is 2.82. The summed E-state index contributed by atoms with van der Waals surface area (Å²) >= 11 is 1.58.